The topological polar surface area (TPSA) is 76.6 Å². The molecule has 3 aromatic rings. The van der Waals surface area contributed by atoms with Crippen molar-refractivity contribution < 1.29 is 14.7 Å². The van der Waals surface area contributed by atoms with Gasteiger partial charge in [-0.1, -0.05) is 48.0 Å². The number of hydrogen-bond acceptors (Lipinski definition) is 3. The van der Waals surface area contributed by atoms with Crippen LogP contribution >= 0.6 is 11.6 Å². The van der Waals surface area contributed by atoms with E-state index >= 15 is 0 Å². The normalized spacial score (nSPS) is 23.3. The zero-order valence-electron chi connectivity index (χ0n) is 17.3. The second-order valence-electron chi connectivity index (χ2n) is 8.41. The number of aromatic nitrogens is 1. The van der Waals surface area contributed by atoms with Gasteiger partial charge in [-0.05, 0) is 36.6 Å². The summed E-state index contributed by atoms with van der Waals surface area (Å²) in [6.45, 7) is 2.57. The predicted octanol–water partition coefficient (Wildman–Crippen LogP) is 3.24. The fourth-order valence-electron chi connectivity index (χ4n) is 5.16. The molecule has 2 aliphatic heterocycles. The molecule has 2 aromatic carbocycles. The Balaban J connectivity index is 1.74. The number of fused-ring (bicyclic) bond motifs is 5. The molecule has 5 rings (SSSR count). The first-order valence-corrected chi connectivity index (χ1v) is 10.9. The van der Waals surface area contributed by atoms with Gasteiger partial charge in [0, 0.05) is 41.5 Å². The number of aliphatic hydroxyl groups excluding tert-OH is 1. The maximum Gasteiger partial charge on any atom is 0.254 e. The number of halogens is 1. The SMILES string of the molecule is CC12C(=O)N(CCCO)CC(=O)N1CC(c1ccccc1Cl)c1c2[nH]c2ccccc12. The minimum Gasteiger partial charge on any atom is -0.396 e. The number of hydrogen-bond donors (Lipinski definition) is 2. The van der Waals surface area contributed by atoms with E-state index in [2.05, 4.69) is 4.98 Å². The smallest absolute Gasteiger partial charge is 0.254 e. The molecule has 1 fully saturated rings. The molecule has 7 heteroatoms. The van der Waals surface area contributed by atoms with Crippen molar-refractivity contribution in [2.45, 2.75) is 24.8 Å². The summed E-state index contributed by atoms with van der Waals surface area (Å²) in [6, 6.07) is 15.7. The Morgan fingerprint density at radius 1 is 1.16 bits per heavy atom. The Morgan fingerprint density at radius 2 is 1.90 bits per heavy atom. The minimum absolute atomic E-state index is 0.0232. The Bertz CT molecular complexity index is 1190. The Hall–Kier alpha value is -2.83. The number of nitrogens with one attached hydrogen (secondary N) is 1. The summed E-state index contributed by atoms with van der Waals surface area (Å²) in [5.41, 5.74) is 2.52. The monoisotopic (exact) mass is 437 g/mol. The molecule has 0 spiro atoms. The van der Waals surface area contributed by atoms with Crippen LogP contribution in [-0.4, -0.2) is 57.9 Å². The first-order chi connectivity index (χ1) is 15.0. The van der Waals surface area contributed by atoms with E-state index < -0.39 is 5.54 Å². The molecule has 160 valence electrons. The Kier molecular flexibility index (Phi) is 4.79. The van der Waals surface area contributed by atoms with Crippen molar-refractivity contribution in [2.75, 3.05) is 26.2 Å². The Morgan fingerprint density at radius 3 is 2.68 bits per heavy atom. The number of carbonyl (C=O) groups excluding carboxylic acids is 2. The van der Waals surface area contributed by atoms with E-state index in [0.717, 1.165) is 27.7 Å². The number of carbonyl (C=O) groups is 2. The average molecular weight is 438 g/mol. The van der Waals surface area contributed by atoms with Gasteiger partial charge in [0.1, 0.15) is 0 Å². The lowest BCUT2D eigenvalue weighted by molar-refractivity contribution is -0.166. The van der Waals surface area contributed by atoms with Gasteiger partial charge < -0.3 is 19.9 Å². The van der Waals surface area contributed by atoms with E-state index in [4.69, 9.17) is 11.6 Å². The molecule has 2 amide bonds. The third-order valence-corrected chi connectivity index (χ3v) is 7.03. The quantitative estimate of drug-likeness (QED) is 0.657. The molecule has 0 bridgehead atoms. The standard InChI is InChI=1S/C24H24ClN3O3/c1-24-22-21(16-8-3-5-10-19(16)26-22)17(15-7-2-4-9-18(15)25)13-28(24)20(30)14-27(23(24)31)11-6-12-29/h2-5,7-10,17,26,29H,6,11-14H2,1H3. The van der Waals surface area contributed by atoms with E-state index in [1.807, 2.05) is 55.5 Å². The van der Waals surface area contributed by atoms with Gasteiger partial charge in [-0.3, -0.25) is 9.59 Å². The molecule has 1 saturated heterocycles. The number of benzene rings is 2. The van der Waals surface area contributed by atoms with Crippen molar-refractivity contribution in [1.82, 2.24) is 14.8 Å². The van der Waals surface area contributed by atoms with Gasteiger partial charge in [0.15, 0.2) is 5.54 Å². The molecule has 0 saturated carbocycles. The van der Waals surface area contributed by atoms with Crippen LogP contribution in [0.2, 0.25) is 5.02 Å². The number of para-hydroxylation sites is 1. The van der Waals surface area contributed by atoms with Crippen molar-refractivity contribution >= 4 is 34.3 Å². The summed E-state index contributed by atoms with van der Waals surface area (Å²) in [5.74, 6) is -0.360. The van der Waals surface area contributed by atoms with Crippen molar-refractivity contribution in [3.05, 3.63) is 70.4 Å². The number of aliphatic hydroxyl groups is 1. The van der Waals surface area contributed by atoms with E-state index in [-0.39, 0.29) is 30.9 Å². The lowest BCUT2D eigenvalue weighted by atomic mass is 9.76. The maximum absolute atomic E-state index is 13.7. The number of piperazine rings is 1. The summed E-state index contributed by atoms with van der Waals surface area (Å²) in [4.78, 5) is 33.7. The summed E-state index contributed by atoms with van der Waals surface area (Å²) in [5, 5.41) is 10.9. The third kappa shape index (κ3) is 2.89. The minimum atomic E-state index is -1.13. The Labute approximate surface area is 185 Å². The molecule has 2 N–H and O–H groups in total. The number of H-pyrrole nitrogens is 1. The number of aromatic amines is 1. The summed E-state index contributed by atoms with van der Waals surface area (Å²) >= 11 is 6.59. The molecular weight excluding hydrogens is 414 g/mol. The van der Waals surface area contributed by atoms with Crippen LogP contribution in [0.15, 0.2) is 48.5 Å². The largest absolute Gasteiger partial charge is 0.396 e. The predicted molar refractivity (Wildman–Crippen MR) is 119 cm³/mol. The van der Waals surface area contributed by atoms with Crippen molar-refractivity contribution in [3.63, 3.8) is 0 Å². The summed E-state index contributed by atoms with van der Waals surface area (Å²) < 4.78 is 0. The zero-order chi connectivity index (χ0) is 21.8. The first-order valence-electron chi connectivity index (χ1n) is 10.5. The fraction of sp³-hybridized carbons (Fsp3) is 0.333. The molecule has 0 radical (unpaired) electrons. The number of amides is 2. The number of rotatable bonds is 4. The van der Waals surface area contributed by atoms with Gasteiger partial charge in [-0.15, -0.1) is 0 Å². The van der Waals surface area contributed by atoms with E-state index in [0.29, 0.717) is 24.5 Å². The number of nitrogens with zero attached hydrogens (tertiary/aromatic N) is 2. The second-order valence-corrected chi connectivity index (χ2v) is 8.82. The van der Waals surface area contributed by atoms with Crippen LogP contribution < -0.4 is 0 Å². The van der Waals surface area contributed by atoms with Gasteiger partial charge in [0.05, 0.1) is 12.2 Å². The fourth-order valence-corrected chi connectivity index (χ4v) is 5.42. The molecule has 2 atom stereocenters. The van der Waals surface area contributed by atoms with Gasteiger partial charge in [0.25, 0.3) is 5.91 Å². The van der Waals surface area contributed by atoms with Crippen LogP contribution in [0.5, 0.6) is 0 Å². The van der Waals surface area contributed by atoms with Crippen LogP contribution in [-0.2, 0) is 15.1 Å². The summed E-state index contributed by atoms with van der Waals surface area (Å²) in [6.07, 6.45) is 0.441. The average Bonchev–Trinajstić information content (AvgIpc) is 3.17. The molecule has 0 aliphatic carbocycles. The van der Waals surface area contributed by atoms with Crippen molar-refractivity contribution in [2.24, 2.45) is 0 Å². The van der Waals surface area contributed by atoms with Gasteiger partial charge in [0.2, 0.25) is 5.91 Å². The molecule has 6 nitrogen and oxygen atoms in total. The van der Waals surface area contributed by atoms with Crippen LogP contribution in [0.25, 0.3) is 10.9 Å². The van der Waals surface area contributed by atoms with Gasteiger partial charge in [-0.2, -0.15) is 0 Å². The van der Waals surface area contributed by atoms with E-state index in [1.165, 1.54) is 0 Å². The zero-order valence-corrected chi connectivity index (χ0v) is 18.0. The van der Waals surface area contributed by atoms with Gasteiger partial charge in [-0.25, -0.2) is 0 Å². The summed E-state index contributed by atoms with van der Waals surface area (Å²) in [7, 11) is 0. The third-order valence-electron chi connectivity index (χ3n) is 6.68. The highest BCUT2D eigenvalue weighted by Gasteiger charge is 2.56. The highest BCUT2D eigenvalue weighted by molar-refractivity contribution is 6.31. The van der Waals surface area contributed by atoms with Crippen LogP contribution in [0.1, 0.15) is 36.1 Å². The highest BCUT2D eigenvalue weighted by Crippen LogP contribution is 2.49. The van der Waals surface area contributed by atoms with E-state index in [9.17, 15) is 14.7 Å². The molecule has 3 heterocycles. The molecule has 2 unspecified atom stereocenters. The second kappa shape index (κ2) is 7.39. The van der Waals surface area contributed by atoms with Crippen LogP contribution in [0.3, 0.4) is 0 Å². The molecule has 31 heavy (non-hydrogen) atoms. The van der Waals surface area contributed by atoms with Gasteiger partial charge >= 0.3 is 0 Å². The van der Waals surface area contributed by atoms with E-state index in [1.54, 1.807) is 9.80 Å². The first kappa shape index (κ1) is 20.1. The van der Waals surface area contributed by atoms with Crippen LogP contribution in [0.4, 0.5) is 0 Å². The lowest BCUT2D eigenvalue weighted by Gasteiger charge is -2.51. The lowest BCUT2D eigenvalue weighted by Crippen LogP contribution is -2.67. The van der Waals surface area contributed by atoms with Crippen LogP contribution in [0, 0.1) is 0 Å². The molecule has 2 aliphatic rings. The van der Waals surface area contributed by atoms with Crippen molar-refractivity contribution in [3.8, 4) is 0 Å². The maximum atomic E-state index is 13.7. The molecular formula is C24H24ClN3O3. The molecule has 1 aromatic heterocycles. The highest BCUT2D eigenvalue weighted by atomic mass is 35.5. The van der Waals surface area contributed by atoms with Crippen molar-refractivity contribution in [1.29, 1.82) is 0 Å².